The number of rotatable bonds is 3. The lowest BCUT2D eigenvalue weighted by Crippen LogP contribution is -2.35. The van der Waals surface area contributed by atoms with Gasteiger partial charge in [0.05, 0.1) is 12.4 Å². The molecule has 3 N–H and O–H groups in total. The van der Waals surface area contributed by atoms with Crippen molar-refractivity contribution in [3.63, 3.8) is 0 Å². The third-order valence-electron chi connectivity index (χ3n) is 2.25. The first-order valence-electron chi connectivity index (χ1n) is 4.77. The summed E-state index contributed by atoms with van der Waals surface area (Å²) >= 11 is 3.47. The predicted octanol–water partition coefficient (Wildman–Crippen LogP) is 0.773. The Labute approximate surface area is 98.9 Å². The number of hydrogen-bond donors (Lipinski definition) is 2. The van der Waals surface area contributed by atoms with E-state index in [1.54, 1.807) is 11.8 Å². The molecule has 2 rings (SSSR count). The minimum absolute atomic E-state index is 0.0297. The Balaban J connectivity index is 1.93. The van der Waals surface area contributed by atoms with Crippen molar-refractivity contribution in [1.29, 1.82) is 0 Å². The maximum Gasteiger partial charge on any atom is 0.127 e. The van der Waals surface area contributed by atoms with Gasteiger partial charge in [-0.2, -0.15) is 0 Å². The minimum Gasteiger partial charge on any atom is -0.364 e. The Hall–Kier alpha value is -0.460. The van der Waals surface area contributed by atoms with E-state index in [0.29, 0.717) is 0 Å². The molecule has 0 saturated heterocycles. The summed E-state index contributed by atoms with van der Waals surface area (Å²) in [7, 11) is 4.14. The van der Waals surface area contributed by atoms with Gasteiger partial charge in [-0.15, -0.1) is 11.8 Å². The highest BCUT2D eigenvalue weighted by molar-refractivity contribution is 8.03. The monoisotopic (exact) mass is 244 g/mol. The van der Waals surface area contributed by atoms with E-state index < -0.39 is 0 Å². The molecule has 4 nitrogen and oxygen atoms in total. The van der Waals surface area contributed by atoms with Crippen molar-refractivity contribution in [2.75, 3.05) is 26.5 Å². The summed E-state index contributed by atoms with van der Waals surface area (Å²) in [6.45, 7) is 0.914. The van der Waals surface area contributed by atoms with E-state index >= 15 is 0 Å². The van der Waals surface area contributed by atoms with Crippen molar-refractivity contribution >= 4 is 23.5 Å². The van der Waals surface area contributed by atoms with Gasteiger partial charge in [-0.3, -0.25) is 0 Å². The van der Waals surface area contributed by atoms with Crippen LogP contribution in [0.3, 0.4) is 0 Å². The number of thioether (sulfide) groups is 2. The summed E-state index contributed by atoms with van der Waals surface area (Å²) in [6, 6.07) is 0. The van der Waals surface area contributed by atoms with Gasteiger partial charge in [0.25, 0.3) is 0 Å². The molecule has 0 saturated carbocycles. The molecule has 2 aliphatic rings. The van der Waals surface area contributed by atoms with E-state index in [-0.39, 0.29) is 5.50 Å². The number of nitrogens with two attached hydrogens (primary N) is 1. The van der Waals surface area contributed by atoms with Crippen LogP contribution in [0.4, 0.5) is 0 Å². The molecule has 2 heterocycles. The molecule has 0 spiro atoms. The van der Waals surface area contributed by atoms with Crippen LogP contribution in [0.5, 0.6) is 0 Å². The molecular formula is C9H16N4S2. The number of nitrogens with one attached hydrogen (secondary N) is 1. The molecule has 0 aromatic carbocycles. The molecular weight excluding hydrogens is 228 g/mol. The van der Waals surface area contributed by atoms with Crippen LogP contribution in [0.1, 0.15) is 0 Å². The highest BCUT2D eigenvalue weighted by atomic mass is 32.2. The Morgan fingerprint density at radius 1 is 1.60 bits per heavy atom. The van der Waals surface area contributed by atoms with Crippen molar-refractivity contribution in [2.24, 2.45) is 5.73 Å². The SMILES string of the molecule is CN(C)C1=CSCN1CC1=CSC(N)N1. The van der Waals surface area contributed by atoms with Gasteiger partial charge in [0.2, 0.25) is 0 Å². The molecule has 1 atom stereocenters. The summed E-state index contributed by atoms with van der Waals surface area (Å²) in [5, 5.41) is 7.55. The molecule has 0 aromatic rings. The zero-order chi connectivity index (χ0) is 10.8. The topological polar surface area (TPSA) is 44.5 Å². The fourth-order valence-electron chi connectivity index (χ4n) is 1.55. The van der Waals surface area contributed by atoms with Crippen LogP contribution in [0.25, 0.3) is 0 Å². The fraction of sp³-hybridized carbons (Fsp3) is 0.556. The predicted molar refractivity (Wildman–Crippen MR) is 67.7 cm³/mol. The summed E-state index contributed by atoms with van der Waals surface area (Å²) in [4.78, 5) is 4.48. The number of nitrogens with zero attached hydrogens (tertiary/aromatic N) is 2. The quantitative estimate of drug-likeness (QED) is 0.765. The Morgan fingerprint density at radius 3 is 3.00 bits per heavy atom. The third kappa shape index (κ3) is 2.56. The van der Waals surface area contributed by atoms with Crippen LogP contribution in [0.15, 0.2) is 22.3 Å². The van der Waals surface area contributed by atoms with Gasteiger partial charge in [-0.1, -0.05) is 11.8 Å². The molecule has 84 valence electrons. The maximum absolute atomic E-state index is 5.74. The molecule has 15 heavy (non-hydrogen) atoms. The van der Waals surface area contributed by atoms with E-state index in [9.17, 15) is 0 Å². The van der Waals surface area contributed by atoms with Gasteiger partial charge in [-0.05, 0) is 5.41 Å². The zero-order valence-electron chi connectivity index (χ0n) is 8.93. The molecule has 0 bridgehead atoms. The average Bonchev–Trinajstić information content (AvgIpc) is 2.75. The first-order chi connectivity index (χ1) is 7.16. The van der Waals surface area contributed by atoms with Crippen LogP contribution < -0.4 is 11.1 Å². The summed E-state index contributed by atoms with van der Waals surface area (Å²) in [5.41, 5.74) is 6.99. The highest BCUT2D eigenvalue weighted by Gasteiger charge is 2.20. The Kier molecular flexibility index (Phi) is 3.38. The van der Waals surface area contributed by atoms with Crippen LogP contribution in [-0.2, 0) is 0 Å². The molecule has 2 aliphatic heterocycles. The molecule has 0 fully saturated rings. The van der Waals surface area contributed by atoms with E-state index in [0.717, 1.165) is 12.4 Å². The fourth-order valence-corrected chi connectivity index (χ4v) is 3.21. The lowest BCUT2D eigenvalue weighted by Gasteiger charge is -2.27. The Bertz CT molecular complexity index is 300. The van der Waals surface area contributed by atoms with Gasteiger partial charge >= 0.3 is 0 Å². The van der Waals surface area contributed by atoms with Gasteiger partial charge in [0, 0.05) is 25.2 Å². The molecule has 0 aromatic heterocycles. The average molecular weight is 244 g/mol. The van der Waals surface area contributed by atoms with Crippen LogP contribution in [0.2, 0.25) is 0 Å². The second kappa shape index (κ2) is 4.59. The van der Waals surface area contributed by atoms with Crippen LogP contribution >= 0.6 is 23.5 Å². The Morgan fingerprint density at radius 2 is 2.40 bits per heavy atom. The van der Waals surface area contributed by atoms with Crippen molar-refractivity contribution in [1.82, 2.24) is 15.1 Å². The van der Waals surface area contributed by atoms with Gasteiger partial charge in [0.1, 0.15) is 11.3 Å². The first kappa shape index (κ1) is 11.0. The zero-order valence-corrected chi connectivity index (χ0v) is 10.6. The summed E-state index contributed by atoms with van der Waals surface area (Å²) in [5.74, 6) is 2.29. The molecule has 0 radical (unpaired) electrons. The third-order valence-corrected chi connectivity index (χ3v) is 3.92. The second-order valence-corrected chi connectivity index (χ2v) is 5.55. The lowest BCUT2D eigenvalue weighted by atomic mass is 10.4. The van der Waals surface area contributed by atoms with Gasteiger partial charge < -0.3 is 20.9 Å². The normalized spacial score (nSPS) is 25.0. The van der Waals surface area contributed by atoms with Crippen molar-refractivity contribution < 1.29 is 0 Å². The van der Waals surface area contributed by atoms with Crippen LogP contribution in [0, 0.1) is 0 Å². The largest absolute Gasteiger partial charge is 0.364 e. The van der Waals surface area contributed by atoms with Crippen molar-refractivity contribution in [3.05, 3.63) is 22.3 Å². The van der Waals surface area contributed by atoms with E-state index in [2.05, 4.69) is 40.0 Å². The van der Waals surface area contributed by atoms with E-state index in [4.69, 9.17) is 5.73 Å². The summed E-state index contributed by atoms with van der Waals surface area (Å²) < 4.78 is 0. The molecule has 6 heteroatoms. The second-order valence-electron chi connectivity index (χ2n) is 3.71. The highest BCUT2D eigenvalue weighted by Crippen LogP contribution is 2.26. The standard InChI is InChI=1S/C9H16N4S2/c1-12(2)8-5-14-6-13(8)3-7-4-15-9(10)11-7/h4-5,9,11H,3,6,10H2,1-2H3. The smallest absolute Gasteiger partial charge is 0.127 e. The molecule has 1 unspecified atom stereocenters. The molecule has 0 amide bonds. The maximum atomic E-state index is 5.74. The minimum atomic E-state index is 0.0297. The lowest BCUT2D eigenvalue weighted by molar-refractivity contribution is 0.311. The number of hydrogen-bond acceptors (Lipinski definition) is 6. The van der Waals surface area contributed by atoms with Crippen molar-refractivity contribution in [2.45, 2.75) is 5.50 Å². The molecule has 0 aliphatic carbocycles. The van der Waals surface area contributed by atoms with Gasteiger partial charge in [-0.25, -0.2) is 0 Å². The van der Waals surface area contributed by atoms with Crippen molar-refractivity contribution in [3.8, 4) is 0 Å². The van der Waals surface area contributed by atoms with Gasteiger partial charge in [0.15, 0.2) is 0 Å². The van der Waals surface area contributed by atoms with Crippen LogP contribution in [-0.4, -0.2) is 41.8 Å². The van der Waals surface area contributed by atoms with E-state index in [1.165, 1.54) is 11.5 Å². The van der Waals surface area contributed by atoms with E-state index in [1.807, 2.05) is 11.8 Å². The first-order valence-corrected chi connectivity index (χ1v) is 6.76. The summed E-state index contributed by atoms with van der Waals surface area (Å²) in [6.07, 6.45) is 0.